The smallest absolute Gasteiger partial charge is 0.410 e. The van der Waals surface area contributed by atoms with E-state index >= 15 is 0 Å². The number of amides is 1. The van der Waals surface area contributed by atoms with Crippen LogP contribution in [0.15, 0.2) is 30.3 Å². The number of nitrogens with zero attached hydrogens (tertiary/aromatic N) is 1. The van der Waals surface area contributed by atoms with Crippen LogP contribution >= 0.6 is 0 Å². The third-order valence-corrected chi connectivity index (χ3v) is 2.81. The second-order valence-corrected chi connectivity index (χ2v) is 5.94. The van der Waals surface area contributed by atoms with E-state index < -0.39 is 0 Å². The number of piperidine rings is 1. The van der Waals surface area contributed by atoms with Crippen molar-refractivity contribution in [3.63, 3.8) is 0 Å². The Morgan fingerprint density at radius 3 is 2.05 bits per heavy atom. The topological polar surface area (TPSA) is 55.6 Å². The lowest BCUT2D eigenvalue weighted by molar-refractivity contribution is 0.0216. The average molecular weight is 278 g/mol. The fourth-order valence-corrected chi connectivity index (χ4v) is 1.86. The van der Waals surface area contributed by atoms with Crippen molar-refractivity contribution in [2.45, 2.75) is 45.6 Å². The van der Waals surface area contributed by atoms with Crippen molar-refractivity contribution in [2.24, 2.45) is 0 Å². The number of hydrogen-bond donors (Lipinski definition) is 1. The number of rotatable bonds is 0. The molecule has 1 aromatic carbocycles. The van der Waals surface area contributed by atoms with E-state index in [1.54, 1.807) is 4.90 Å². The summed E-state index contributed by atoms with van der Waals surface area (Å²) in [6.07, 6.45) is 3.30. The lowest BCUT2D eigenvalue weighted by Crippen LogP contribution is -2.39. The fourth-order valence-electron chi connectivity index (χ4n) is 1.86. The molecule has 20 heavy (non-hydrogen) atoms. The number of nitrogen functional groups attached to an aromatic ring is 1. The van der Waals surface area contributed by atoms with Gasteiger partial charge in [0.05, 0.1) is 0 Å². The lowest BCUT2D eigenvalue weighted by Gasteiger charge is -2.29. The summed E-state index contributed by atoms with van der Waals surface area (Å²) < 4.78 is 5.26. The first kappa shape index (κ1) is 16.3. The van der Waals surface area contributed by atoms with Crippen molar-refractivity contribution in [2.75, 3.05) is 18.8 Å². The van der Waals surface area contributed by atoms with Crippen molar-refractivity contribution >= 4 is 11.8 Å². The molecule has 0 aliphatic carbocycles. The van der Waals surface area contributed by atoms with Gasteiger partial charge in [-0.2, -0.15) is 0 Å². The maximum Gasteiger partial charge on any atom is 0.410 e. The van der Waals surface area contributed by atoms with Crippen molar-refractivity contribution in [3.05, 3.63) is 30.3 Å². The van der Waals surface area contributed by atoms with Crippen LogP contribution in [0.1, 0.15) is 40.0 Å². The highest BCUT2D eigenvalue weighted by atomic mass is 16.6. The number of likely N-dealkylation sites (tertiary alicyclic amines) is 1. The van der Waals surface area contributed by atoms with Crippen LogP contribution in [0.5, 0.6) is 0 Å². The van der Waals surface area contributed by atoms with E-state index in [2.05, 4.69) is 0 Å². The molecule has 0 radical (unpaired) electrons. The van der Waals surface area contributed by atoms with Crippen molar-refractivity contribution < 1.29 is 9.53 Å². The first-order valence-electron chi connectivity index (χ1n) is 7.17. The summed E-state index contributed by atoms with van der Waals surface area (Å²) in [5.41, 5.74) is 5.81. The Labute approximate surface area is 121 Å². The van der Waals surface area contributed by atoms with Crippen LogP contribution in [0, 0.1) is 0 Å². The van der Waals surface area contributed by atoms with Gasteiger partial charge >= 0.3 is 6.09 Å². The largest absolute Gasteiger partial charge is 0.444 e. The van der Waals surface area contributed by atoms with Crippen LogP contribution in [0.4, 0.5) is 10.5 Å². The van der Waals surface area contributed by atoms with Crippen LogP contribution < -0.4 is 5.73 Å². The maximum atomic E-state index is 11.5. The molecule has 1 saturated heterocycles. The van der Waals surface area contributed by atoms with E-state index in [0.717, 1.165) is 31.6 Å². The van der Waals surface area contributed by atoms with Gasteiger partial charge in [-0.05, 0) is 52.2 Å². The maximum absolute atomic E-state index is 11.5. The number of anilines is 1. The molecular weight excluding hydrogens is 252 g/mol. The Kier molecular flexibility index (Phi) is 6.36. The normalized spacial score (nSPS) is 15.1. The predicted molar refractivity (Wildman–Crippen MR) is 82.5 cm³/mol. The molecular formula is C16H26N2O2. The zero-order valence-electron chi connectivity index (χ0n) is 12.8. The number of ether oxygens (including phenoxy) is 1. The Hall–Kier alpha value is -1.71. The van der Waals surface area contributed by atoms with Gasteiger partial charge in [-0.25, -0.2) is 4.79 Å². The summed E-state index contributed by atoms with van der Waals surface area (Å²) >= 11 is 0. The molecule has 0 unspecified atom stereocenters. The summed E-state index contributed by atoms with van der Waals surface area (Å²) in [4.78, 5) is 13.3. The molecule has 1 amide bonds. The number of benzene rings is 1. The van der Waals surface area contributed by atoms with Gasteiger partial charge in [0.1, 0.15) is 5.60 Å². The van der Waals surface area contributed by atoms with Gasteiger partial charge in [0.15, 0.2) is 0 Å². The van der Waals surface area contributed by atoms with Gasteiger partial charge in [0, 0.05) is 18.8 Å². The Morgan fingerprint density at radius 2 is 1.65 bits per heavy atom. The Bertz CT molecular complexity index is 393. The average Bonchev–Trinajstić information content (AvgIpc) is 2.39. The molecule has 0 aromatic heterocycles. The monoisotopic (exact) mass is 278 g/mol. The molecule has 4 nitrogen and oxygen atoms in total. The van der Waals surface area contributed by atoms with Crippen LogP contribution in [0.2, 0.25) is 0 Å². The molecule has 0 spiro atoms. The van der Waals surface area contributed by atoms with Gasteiger partial charge < -0.3 is 15.4 Å². The first-order chi connectivity index (χ1) is 9.38. The molecule has 0 bridgehead atoms. The van der Waals surface area contributed by atoms with Crippen LogP contribution in [-0.2, 0) is 4.74 Å². The SMILES string of the molecule is CC(C)(C)OC(=O)N1CCCCC1.Nc1ccccc1. The first-order valence-corrected chi connectivity index (χ1v) is 7.17. The fraction of sp³-hybridized carbons (Fsp3) is 0.562. The third kappa shape index (κ3) is 7.02. The number of carbonyl (C=O) groups is 1. The van der Waals surface area contributed by atoms with E-state index in [-0.39, 0.29) is 11.7 Å². The summed E-state index contributed by atoms with van der Waals surface area (Å²) in [6.45, 7) is 7.41. The second-order valence-electron chi connectivity index (χ2n) is 5.94. The van der Waals surface area contributed by atoms with E-state index in [1.807, 2.05) is 51.1 Å². The third-order valence-electron chi connectivity index (χ3n) is 2.81. The Balaban J connectivity index is 0.000000240. The van der Waals surface area contributed by atoms with Crippen molar-refractivity contribution in [1.29, 1.82) is 0 Å². The Morgan fingerprint density at radius 1 is 1.10 bits per heavy atom. The zero-order valence-corrected chi connectivity index (χ0v) is 12.8. The van der Waals surface area contributed by atoms with E-state index in [1.165, 1.54) is 6.42 Å². The van der Waals surface area contributed by atoms with Gasteiger partial charge in [0.25, 0.3) is 0 Å². The minimum Gasteiger partial charge on any atom is -0.444 e. The highest BCUT2D eigenvalue weighted by molar-refractivity contribution is 5.68. The summed E-state index contributed by atoms with van der Waals surface area (Å²) in [5, 5.41) is 0. The highest BCUT2D eigenvalue weighted by Gasteiger charge is 2.22. The van der Waals surface area contributed by atoms with Crippen LogP contribution in [-0.4, -0.2) is 29.7 Å². The highest BCUT2D eigenvalue weighted by Crippen LogP contribution is 2.14. The van der Waals surface area contributed by atoms with Gasteiger partial charge in [0.2, 0.25) is 0 Å². The van der Waals surface area contributed by atoms with E-state index in [9.17, 15) is 4.79 Å². The van der Waals surface area contributed by atoms with Gasteiger partial charge in [-0.3, -0.25) is 0 Å². The van der Waals surface area contributed by atoms with E-state index in [0.29, 0.717) is 0 Å². The summed E-state index contributed by atoms with van der Waals surface area (Å²) in [6, 6.07) is 9.49. The number of para-hydroxylation sites is 1. The lowest BCUT2D eigenvalue weighted by atomic mass is 10.1. The predicted octanol–water partition coefficient (Wildman–Crippen LogP) is 3.68. The summed E-state index contributed by atoms with van der Waals surface area (Å²) in [7, 11) is 0. The number of nitrogens with two attached hydrogens (primary N) is 1. The van der Waals surface area contributed by atoms with Crippen LogP contribution in [0.3, 0.4) is 0 Å². The quantitative estimate of drug-likeness (QED) is 0.737. The molecule has 0 atom stereocenters. The molecule has 112 valence electrons. The van der Waals surface area contributed by atoms with Gasteiger partial charge in [-0.1, -0.05) is 18.2 Å². The second kappa shape index (κ2) is 7.78. The number of hydrogen-bond acceptors (Lipinski definition) is 3. The molecule has 0 saturated carbocycles. The van der Waals surface area contributed by atoms with Gasteiger partial charge in [-0.15, -0.1) is 0 Å². The molecule has 1 heterocycles. The standard InChI is InChI=1S/C10H19NO2.C6H7N/c1-10(2,3)13-9(12)11-7-5-4-6-8-11;7-6-4-2-1-3-5-6/h4-8H2,1-3H3;1-5H,7H2. The molecule has 1 aromatic rings. The molecule has 1 aliphatic rings. The molecule has 2 N–H and O–H groups in total. The zero-order chi connectivity index (χ0) is 15.0. The molecule has 4 heteroatoms. The minimum atomic E-state index is -0.367. The minimum absolute atomic E-state index is 0.160. The summed E-state index contributed by atoms with van der Waals surface area (Å²) in [5.74, 6) is 0. The van der Waals surface area contributed by atoms with Crippen molar-refractivity contribution in [3.8, 4) is 0 Å². The molecule has 1 fully saturated rings. The number of carbonyl (C=O) groups excluding carboxylic acids is 1. The van der Waals surface area contributed by atoms with Crippen molar-refractivity contribution in [1.82, 2.24) is 4.90 Å². The van der Waals surface area contributed by atoms with Crippen LogP contribution in [0.25, 0.3) is 0 Å². The molecule has 1 aliphatic heterocycles. The van der Waals surface area contributed by atoms with E-state index in [4.69, 9.17) is 10.5 Å². The molecule has 2 rings (SSSR count).